The molecule has 0 aliphatic carbocycles. The molecule has 0 saturated heterocycles. The van der Waals surface area contributed by atoms with Gasteiger partial charge in [0, 0.05) is 6.07 Å². The zero-order valence-corrected chi connectivity index (χ0v) is 14.5. The average molecular weight is 278 g/mol. The lowest BCUT2D eigenvalue weighted by atomic mass is 10.3. The van der Waals surface area contributed by atoms with E-state index in [1.54, 1.807) is 0 Å². The van der Waals surface area contributed by atoms with Crippen molar-refractivity contribution in [2.75, 3.05) is 0 Å². The van der Waals surface area contributed by atoms with Gasteiger partial charge in [-0.2, -0.15) is 0 Å². The normalized spacial score (nSPS) is 13.8. The van der Waals surface area contributed by atoms with Crippen molar-refractivity contribution in [3.63, 3.8) is 0 Å². The highest BCUT2D eigenvalue weighted by molar-refractivity contribution is 6.39. The lowest BCUT2D eigenvalue weighted by Gasteiger charge is -2.10. The maximum Gasteiger partial charge on any atom is 0.246 e. The van der Waals surface area contributed by atoms with Crippen LogP contribution >= 0.6 is 0 Å². The lowest BCUT2D eigenvalue weighted by Crippen LogP contribution is -2.05. The van der Waals surface area contributed by atoms with Crippen LogP contribution < -0.4 is 8.85 Å². The Kier molecular flexibility index (Phi) is 6.53. The fourth-order valence-electron chi connectivity index (χ4n) is 1.21. The predicted octanol–water partition coefficient (Wildman–Crippen LogP) is 2.46. The largest absolute Gasteiger partial charge is 0.545 e. The zero-order valence-electron chi connectivity index (χ0n) is 11.7. The van der Waals surface area contributed by atoms with Gasteiger partial charge in [-0.25, -0.2) is 0 Å². The minimum atomic E-state index is -0.607. The van der Waals surface area contributed by atoms with Gasteiger partial charge in [0.15, 0.2) is 0 Å². The van der Waals surface area contributed by atoms with E-state index in [4.69, 9.17) is 8.85 Å². The van der Waals surface area contributed by atoms with Crippen molar-refractivity contribution in [1.82, 2.24) is 0 Å². The summed E-state index contributed by atoms with van der Waals surface area (Å²) in [6.45, 7) is 8.34. The van der Waals surface area contributed by atoms with Crippen molar-refractivity contribution in [2.45, 2.75) is 27.7 Å². The van der Waals surface area contributed by atoms with Crippen molar-refractivity contribution in [3.05, 3.63) is 46.8 Å². The second-order valence-corrected chi connectivity index (χ2v) is 7.71. The number of benzene rings is 1. The van der Waals surface area contributed by atoms with Crippen LogP contribution in [0.5, 0.6) is 11.5 Å². The van der Waals surface area contributed by atoms with Crippen LogP contribution in [0.3, 0.4) is 0 Å². The van der Waals surface area contributed by atoms with E-state index < -0.39 is 19.5 Å². The molecule has 0 radical (unpaired) electrons. The van der Waals surface area contributed by atoms with Gasteiger partial charge in [-0.05, 0) is 39.8 Å². The monoisotopic (exact) mass is 278 g/mol. The van der Waals surface area contributed by atoms with Crippen molar-refractivity contribution in [1.29, 1.82) is 0 Å². The van der Waals surface area contributed by atoms with Gasteiger partial charge in [0.2, 0.25) is 19.5 Å². The van der Waals surface area contributed by atoms with Gasteiger partial charge in [-0.1, -0.05) is 28.6 Å². The Hall–Kier alpha value is -1.27. The van der Waals surface area contributed by atoms with E-state index >= 15 is 0 Å². The van der Waals surface area contributed by atoms with Crippen LogP contribution in [0, 0.1) is 0 Å². The summed E-state index contributed by atoms with van der Waals surface area (Å²) in [5.74, 6) is 1.85. The number of rotatable bonds is 6. The molecule has 0 aromatic heterocycles. The van der Waals surface area contributed by atoms with E-state index in [9.17, 15) is 0 Å². The molecule has 0 aliphatic rings. The molecule has 0 spiro atoms. The van der Waals surface area contributed by atoms with E-state index in [0.717, 1.165) is 11.5 Å². The van der Waals surface area contributed by atoms with Crippen LogP contribution in [0.4, 0.5) is 0 Å². The Morgan fingerprint density at radius 1 is 0.944 bits per heavy atom. The SMILES string of the molecule is CC=C(C)[SiH2]Oc1cccc(O[SiH2]C(C)=CC)c1. The predicted molar refractivity (Wildman–Crippen MR) is 83.6 cm³/mol. The fourth-order valence-corrected chi connectivity index (χ4v) is 2.70. The van der Waals surface area contributed by atoms with Crippen LogP contribution in [0.1, 0.15) is 27.7 Å². The second-order valence-electron chi connectivity index (χ2n) is 4.32. The topological polar surface area (TPSA) is 18.5 Å². The first-order chi connectivity index (χ1) is 8.65. The van der Waals surface area contributed by atoms with Crippen molar-refractivity contribution in [2.24, 2.45) is 0 Å². The quantitative estimate of drug-likeness (QED) is 0.744. The van der Waals surface area contributed by atoms with Crippen LogP contribution in [-0.4, -0.2) is 19.5 Å². The summed E-state index contributed by atoms with van der Waals surface area (Å²) in [5, 5.41) is 2.72. The number of hydrogen-bond donors (Lipinski definition) is 0. The third-order valence-electron chi connectivity index (χ3n) is 2.72. The molecule has 1 aromatic rings. The van der Waals surface area contributed by atoms with E-state index in [-0.39, 0.29) is 0 Å². The minimum absolute atomic E-state index is 0.607. The van der Waals surface area contributed by atoms with E-state index in [1.807, 2.05) is 24.3 Å². The van der Waals surface area contributed by atoms with Gasteiger partial charge >= 0.3 is 0 Å². The maximum atomic E-state index is 5.82. The molecule has 4 heteroatoms. The first-order valence-electron chi connectivity index (χ1n) is 6.25. The molecule has 0 aliphatic heterocycles. The third kappa shape index (κ3) is 5.38. The Morgan fingerprint density at radius 2 is 1.39 bits per heavy atom. The van der Waals surface area contributed by atoms with Gasteiger partial charge in [-0.3, -0.25) is 0 Å². The summed E-state index contributed by atoms with van der Waals surface area (Å²) in [4.78, 5) is 0. The zero-order chi connectivity index (χ0) is 13.4. The smallest absolute Gasteiger partial charge is 0.246 e. The molecule has 1 rings (SSSR count). The van der Waals surface area contributed by atoms with Crippen LogP contribution in [-0.2, 0) is 0 Å². The molecule has 0 N–H and O–H groups in total. The molecule has 0 amide bonds. The Balaban J connectivity index is 2.56. The van der Waals surface area contributed by atoms with Crippen LogP contribution in [0.15, 0.2) is 46.8 Å². The first kappa shape index (κ1) is 14.8. The van der Waals surface area contributed by atoms with Gasteiger partial charge in [0.05, 0.1) is 0 Å². The summed E-state index contributed by atoms with van der Waals surface area (Å²) in [6, 6.07) is 7.97. The van der Waals surface area contributed by atoms with Crippen molar-refractivity contribution < 1.29 is 8.85 Å². The lowest BCUT2D eigenvalue weighted by molar-refractivity contribution is 0.573. The molecule has 0 bridgehead atoms. The number of allylic oxidation sites excluding steroid dienone is 4. The highest BCUT2D eigenvalue weighted by atomic mass is 28.2. The maximum absolute atomic E-state index is 5.82. The van der Waals surface area contributed by atoms with Gasteiger partial charge in [0.1, 0.15) is 11.5 Å². The highest BCUT2D eigenvalue weighted by Crippen LogP contribution is 2.19. The van der Waals surface area contributed by atoms with Gasteiger partial charge in [-0.15, -0.1) is 0 Å². The molecule has 2 nitrogen and oxygen atoms in total. The molecule has 0 heterocycles. The fraction of sp³-hybridized carbons (Fsp3) is 0.286. The standard InChI is InChI=1S/C14H22O2Si2/c1-5-11(3)17-15-13-8-7-9-14(10-13)16-18-12(4)6-2/h5-10H,17-18H2,1-4H3. The van der Waals surface area contributed by atoms with Crippen molar-refractivity contribution in [3.8, 4) is 11.5 Å². The van der Waals surface area contributed by atoms with E-state index in [1.165, 1.54) is 10.4 Å². The summed E-state index contributed by atoms with van der Waals surface area (Å²) in [5.41, 5.74) is 0. The molecular formula is C14H22O2Si2. The molecule has 98 valence electrons. The number of hydrogen-bond acceptors (Lipinski definition) is 2. The van der Waals surface area contributed by atoms with E-state index in [2.05, 4.69) is 39.8 Å². The Morgan fingerprint density at radius 3 is 1.78 bits per heavy atom. The third-order valence-corrected chi connectivity index (χ3v) is 5.41. The highest BCUT2D eigenvalue weighted by Gasteiger charge is 1.99. The van der Waals surface area contributed by atoms with Gasteiger partial charge in [0.25, 0.3) is 0 Å². The van der Waals surface area contributed by atoms with Gasteiger partial charge < -0.3 is 8.85 Å². The molecule has 18 heavy (non-hydrogen) atoms. The van der Waals surface area contributed by atoms with Crippen LogP contribution in [0.2, 0.25) is 0 Å². The summed E-state index contributed by atoms with van der Waals surface area (Å²) in [7, 11) is -1.21. The van der Waals surface area contributed by atoms with Crippen LogP contribution in [0.25, 0.3) is 0 Å². The molecule has 0 fully saturated rings. The second kappa shape index (κ2) is 7.95. The Labute approximate surface area is 115 Å². The Bertz CT molecular complexity index is 402. The van der Waals surface area contributed by atoms with Crippen molar-refractivity contribution >= 4 is 19.5 Å². The minimum Gasteiger partial charge on any atom is -0.545 e. The molecule has 0 saturated carbocycles. The summed E-state index contributed by atoms with van der Waals surface area (Å²) >= 11 is 0. The molecular weight excluding hydrogens is 256 g/mol. The molecule has 0 atom stereocenters. The average Bonchev–Trinajstić information content (AvgIpc) is 2.42. The first-order valence-corrected chi connectivity index (χ1v) is 8.82. The summed E-state index contributed by atoms with van der Waals surface area (Å²) < 4.78 is 11.6. The summed E-state index contributed by atoms with van der Waals surface area (Å²) in [6.07, 6.45) is 4.24. The molecule has 1 aromatic carbocycles. The van der Waals surface area contributed by atoms with E-state index in [0.29, 0.717) is 0 Å². The molecule has 0 unspecified atom stereocenters.